The zero-order valence-corrected chi connectivity index (χ0v) is 52.7. The van der Waals surface area contributed by atoms with Crippen molar-refractivity contribution in [2.75, 3.05) is 13.2 Å². The quantitative estimate of drug-likeness (QED) is 0.0601. The number of ether oxygens (including phenoxy) is 1. The molecule has 18 N–H and O–H groups in total. The van der Waals surface area contributed by atoms with Crippen molar-refractivity contribution in [2.45, 2.75) is 175 Å². The maximum absolute atomic E-state index is 14.3. The van der Waals surface area contributed by atoms with Gasteiger partial charge in [-0.3, -0.25) is 57.6 Å². The van der Waals surface area contributed by atoms with Crippen molar-refractivity contribution in [3.8, 4) is 5.75 Å². The van der Waals surface area contributed by atoms with Crippen LogP contribution in [0.15, 0.2) is 73.8 Å². The molecular formula is C60H86N13O15P. The molecule has 2 fully saturated rings. The second-order valence-electron chi connectivity index (χ2n) is 26.3. The van der Waals surface area contributed by atoms with Gasteiger partial charge in [0.25, 0.3) is 0 Å². The fourth-order valence-electron chi connectivity index (χ4n) is 15.2. The van der Waals surface area contributed by atoms with Crippen LogP contribution in [0.2, 0.25) is 0 Å². The van der Waals surface area contributed by atoms with Crippen LogP contribution in [0.4, 0.5) is 0 Å². The van der Waals surface area contributed by atoms with Crippen molar-refractivity contribution in [2.24, 2.45) is 94.7 Å². The summed E-state index contributed by atoms with van der Waals surface area (Å²) in [7, 11) is -5.09. The van der Waals surface area contributed by atoms with E-state index < -0.39 is 143 Å². The molecule has 486 valence electrons. The molecule has 15 atom stereocenters. The molecule has 29 heteroatoms. The number of nitrogens with two attached hydrogens (primary N) is 6. The van der Waals surface area contributed by atoms with Gasteiger partial charge in [-0.2, -0.15) is 0 Å². The highest BCUT2D eigenvalue weighted by atomic mass is 31.2. The van der Waals surface area contributed by atoms with Gasteiger partial charge in [0.2, 0.25) is 41.4 Å². The first-order chi connectivity index (χ1) is 41.4. The van der Waals surface area contributed by atoms with Crippen LogP contribution in [0, 0.1) is 45.3 Å². The Kier molecular flexibility index (Phi) is 19.2. The van der Waals surface area contributed by atoms with Crippen LogP contribution in [0.3, 0.4) is 0 Å². The number of benzene rings is 1. The third-order valence-corrected chi connectivity index (χ3v) is 21.1. The van der Waals surface area contributed by atoms with Crippen molar-refractivity contribution in [1.29, 1.82) is 0 Å². The number of aliphatic hydroxyl groups is 2. The second-order valence-corrected chi connectivity index (χ2v) is 27.7. The lowest BCUT2D eigenvalue weighted by Gasteiger charge is -2.48. The summed E-state index contributed by atoms with van der Waals surface area (Å²) in [6.07, 6.45) is -4.72. The summed E-state index contributed by atoms with van der Waals surface area (Å²) in [6, 6.07) is 3.27. The molecule has 2 saturated heterocycles. The monoisotopic (exact) mass is 1260 g/mol. The number of phenols is 1. The molecule has 8 rings (SSSR count). The number of hydrogen-bond donors (Lipinski definition) is 12. The minimum atomic E-state index is -5.09. The Morgan fingerprint density at radius 1 is 0.831 bits per heavy atom. The Labute approximate surface area is 515 Å². The Hall–Kier alpha value is -7.20. The van der Waals surface area contributed by atoms with E-state index in [4.69, 9.17) is 63.2 Å². The minimum absolute atomic E-state index is 0.0233. The van der Waals surface area contributed by atoms with Crippen LogP contribution >= 0.6 is 7.82 Å². The van der Waals surface area contributed by atoms with Crippen LogP contribution in [0.5, 0.6) is 5.75 Å². The molecule has 8 bridgehead atoms. The average molecular weight is 1260 g/mol. The SMILES string of the molecule is CC1=C2N=C(C=C3NC(=C(C)C4=N[C@@](C)([C@@H]5N=C1[C@](C)(CCC(=O)NC[C@@H](C)OP(=O)(O)O[C@H]1[C@@H](O)[C@@H](n6cnc7cc(O)ccc76)O[C@@H]1CO)[C@H]5CC(N)=O)[C@@](C)(CC(N)=O)[C@@H]4CCC(N)=O)[C@@](C)(CC(N)=O)[C@@H]3CCC(N)=O)C(C)(C)[C@@H]2CCC(N)=O. The number of fused-ring (bicyclic) bond motifs is 7. The molecule has 1 aromatic heterocycles. The number of carbonyl (C=O) groups is 7. The van der Waals surface area contributed by atoms with Crippen molar-refractivity contribution in [3.63, 3.8) is 0 Å². The Balaban J connectivity index is 1.20. The van der Waals surface area contributed by atoms with Crippen LogP contribution in [0.1, 0.15) is 139 Å². The topological polar surface area (TPSA) is 480 Å². The predicted molar refractivity (Wildman–Crippen MR) is 326 cm³/mol. The Morgan fingerprint density at radius 3 is 2.04 bits per heavy atom. The number of primary amides is 6. The molecule has 0 saturated carbocycles. The number of phosphoric acid groups is 1. The molecule has 1 aromatic carbocycles. The third-order valence-electron chi connectivity index (χ3n) is 20.0. The van der Waals surface area contributed by atoms with Crippen LogP contribution < -0.4 is 45.0 Å². The molecule has 7 heterocycles. The molecule has 2 aromatic rings. The summed E-state index contributed by atoms with van der Waals surface area (Å²) >= 11 is 0. The van der Waals surface area contributed by atoms with Crippen LogP contribution in [0.25, 0.3) is 11.0 Å². The number of nitrogens with zero attached hydrogens (tertiary/aromatic N) is 5. The van der Waals surface area contributed by atoms with Crippen LogP contribution in [-0.2, 0) is 51.9 Å². The summed E-state index contributed by atoms with van der Waals surface area (Å²) in [5.74, 6) is -7.31. The maximum atomic E-state index is 14.3. The number of allylic oxidation sites excluding steroid dienone is 6. The number of amides is 7. The number of aromatic nitrogens is 2. The lowest BCUT2D eigenvalue weighted by atomic mass is 9.55. The summed E-state index contributed by atoms with van der Waals surface area (Å²) in [6.45, 7) is 15.3. The second kappa shape index (κ2) is 25.2. The molecule has 0 radical (unpaired) electrons. The number of nitrogens with one attached hydrogen (secondary N) is 2. The first-order valence-corrected chi connectivity index (χ1v) is 31.4. The number of carbonyl (C=O) groups excluding carboxylic acids is 7. The van der Waals surface area contributed by atoms with E-state index in [2.05, 4.69) is 15.6 Å². The molecular weight excluding hydrogens is 1170 g/mol. The van der Waals surface area contributed by atoms with Gasteiger partial charge in [-0.1, -0.05) is 34.6 Å². The predicted octanol–water partition coefficient (Wildman–Crippen LogP) is 2.25. The number of imidazole rings is 1. The van der Waals surface area contributed by atoms with Gasteiger partial charge in [-0.25, -0.2) is 9.55 Å². The van der Waals surface area contributed by atoms with Gasteiger partial charge in [-0.15, -0.1) is 0 Å². The van der Waals surface area contributed by atoms with E-state index in [1.54, 1.807) is 0 Å². The lowest BCUT2D eigenvalue weighted by Crippen LogP contribution is -2.56. The number of phenolic OH excluding ortho intramolecular Hbond substituents is 1. The third kappa shape index (κ3) is 13.0. The highest BCUT2D eigenvalue weighted by Gasteiger charge is 2.66. The smallest absolute Gasteiger partial charge is 0.472 e. The normalized spacial score (nSPS) is 32.2. The van der Waals surface area contributed by atoms with E-state index in [0.29, 0.717) is 56.4 Å². The number of aromatic hydroxyl groups is 1. The Bertz CT molecular complexity index is 3480. The summed E-state index contributed by atoms with van der Waals surface area (Å²) in [5.41, 5.74) is 34.8. The van der Waals surface area contributed by atoms with Gasteiger partial charge in [-0.05, 0) is 82.7 Å². The highest BCUT2D eigenvalue weighted by Crippen LogP contribution is 2.63. The van der Waals surface area contributed by atoms with E-state index in [1.807, 2.05) is 61.5 Å². The zero-order chi connectivity index (χ0) is 65.8. The molecule has 28 nitrogen and oxygen atoms in total. The standard InChI is InChI=1S/C60H86N13O15P/c1-28(87-89(84,85)88-51-39(26-74)86-55(50(51)83)73-27-68-37-20-31(75)10-14-38(37)73)25-67-47(82)18-19-57(6)35(21-44(64)79)54-60(9)59(8,24-46(66)81)34(13-17-43(63)78)49(72-60)30(3)53-58(7,23-45(65)80)32(11-15-41(61)76)36(69-53)22-40-56(4,5)33(12-16-42(62)77)48(70-40)29(2)52(57)71-54/h10,14,20,22,27-28,32-35,39,50-51,54-55,69,74-75,83H,11-13,15-19,21,23-26H2,1-9H3,(H2,61,76)(H2,62,77)(H2,63,78)(H2,64,79)(H2,65,80)(H2,66,81)(H,67,82)(H,84,85)/t28-,32-,33-,34-,35+,39-,50-,51-,54-,55+,57-,58+,59+,60+/m1/s1. The van der Waals surface area contributed by atoms with Crippen molar-refractivity contribution in [1.82, 2.24) is 20.2 Å². The number of rotatable bonds is 26. The summed E-state index contributed by atoms with van der Waals surface area (Å²) in [5, 5.41) is 37.9. The lowest BCUT2D eigenvalue weighted by molar-refractivity contribution is -0.124. The van der Waals surface area contributed by atoms with Crippen molar-refractivity contribution in [3.05, 3.63) is 58.8 Å². The van der Waals surface area contributed by atoms with Crippen molar-refractivity contribution >= 4 is 77.3 Å². The fourth-order valence-corrected chi connectivity index (χ4v) is 16.3. The zero-order valence-electron chi connectivity index (χ0n) is 51.8. The number of phosphoric ester groups is 1. The molecule has 6 aliphatic rings. The number of aliphatic hydroxyl groups excluding tert-OH is 2. The fraction of sp³-hybridized carbons (Fsp3) is 0.617. The Morgan fingerprint density at radius 2 is 1.45 bits per heavy atom. The summed E-state index contributed by atoms with van der Waals surface area (Å²) in [4.78, 5) is 125. The van der Waals surface area contributed by atoms with E-state index >= 15 is 0 Å². The largest absolute Gasteiger partial charge is 0.508 e. The molecule has 89 heavy (non-hydrogen) atoms. The van der Waals surface area contributed by atoms with Gasteiger partial charge < -0.3 is 74.6 Å². The summed E-state index contributed by atoms with van der Waals surface area (Å²) < 4.78 is 31.9. The van der Waals surface area contributed by atoms with E-state index in [-0.39, 0.29) is 82.9 Å². The number of aliphatic imine (C=N–C) groups is 3. The van der Waals surface area contributed by atoms with Gasteiger partial charge in [0.15, 0.2) is 6.23 Å². The van der Waals surface area contributed by atoms with Gasteiger partial charge in [0.1, 0.15) is 24.1 Å². The minimum Gasteiger partial charge on any atom is -0.508 e. The first kappa shape index (κ1) is 67.7. The average Bonchev–Trinajstić information content (AvgIpc) is 1.54. The van der Waals surface area contributed by atoms with E-state index in [1.165, 1.54) is 36.0 Å². The van der Waals surface area contributed by atoms with E-state index in [9.17, 15) is 58.3 Å². The van der Waals surface area contributed by atoms with Gasteiger partial charge in [0.05, 0.1) is 41.7 Å². The van der Waals surface area contributed by atoms with Crippen LogP contribution in [-0.4, -0.2) is 137 Å². The van der Waals surface area contributed by atoms with E-state index in [0.717, 1.165) is 0 Å². The first-order valence-electron chi connectivity index (χ1n) is 29.9. The highest BCUT2D eigenvalue weighted by molar-refractivity contribution is 7.47. The molecule has 0 aliphatic carbocycles. The molecule has 0 spiro atoms. The molecule has 1 unspecified atom stereocenters. The molecule has 6 aliphatic heterocycles. The van der Waals surface area contributed by atoms with Gasteiger partial charge in [0, 0.05) is 137 Å². The molecule has 7 amide bonds. The number of hydrogen-bond acceptors (Lipinski definition) is 19. The maximum Gasteiger partial charge on any atom is 0.472 e. The van der Waals surface area contributed by atoms with Gasteiger partial charge >= 0.3 is 7.82 Å². The van der Waals surface area contributed by atoms with Crippen molar-refractivity contribution < 1.29 is 72.1 Å².